The molecule has 2 N–H and O–H groups in total. The summed E-state index contributed by atoms with van der Waals surface area (Å²) in [7, 11) is 0. The van der Waals surface area contributed by atoms with Gasteiger partial charge in [-0.15, -0.1) is 0 Å². The Bertz CT molecular complexity index is 408. The fourth-order valence-corrected chi connectivity index (χ4v) is 2.25. The highest BCUT2D eigenvalue weighted by Gasteiger charge is 2.14. The second-order valence-electron chi connectivity index (χ2n) is 5.06. The molecule has 0 radical (unpaired) electrons. The van der Waals surface area contributed by atoms with E-state index in [1.165, 1.54) is 5.56 Å². The predicted molar refractivity (Wildman–Crippen MR) is 74.8 cm³/mol. The molecule has 1 aromatic rings. The van der Waals surface area contributed by atoms with E-state index in [9.17, 15) is 0 Å². The summed E-state index contributed by atoms with van der Waals surface area (Å²) in [5.41, 5.74) is 1.18. The third-order valence-corrected chi connectivity index (χ3v) is 3.37. The van der Waals surface area contributed by atoms with Gasteiger partial charge in [-0.25, -0.2) is 0 Å². The number of hydrogen-bond donors (Lipinski definition) is 2. The average Bonchev–Trinajstić information content (AvgIpc) is 2.63. The lowest BCUT2D eigenvalue weighted by Gasteiger charge is -2.20. The SMILES string of the molecule is CC(N[C@H](C)CCO)c1ccc2c(c1)OCCCO2. The van der Waals surface area contributed by atoms with Crippen LogP contribution >= 0.6 is 0 Å². The van der Waals surface area contributed by atoms with Crippen LogP contribution in [0.15, 0.2) is 18.2 Å². The summed E-state index contributed by atoms with van der Waals surface area (Å²) in [4.78, 5) is 0. The maximum absolute atomic E-state index is 8.93. The first kappa shape index (κ1) is 14.2. The first-order chi connectivity index (χ1) is 9.20. The number of hydrogen-bond acceptors (Lipinski definition) is 4. The van der Waals surface area contributed by atoms with E-state index in [0.717, 1.165) is 24.3 Å². The average molecular weight is 265 g/mol. The number of rotatable bonds is 5. The van der Waals surface area contributed by atoms with Crippen molar-refractivity contribution in [1.82, 2.24) is 5.32 Å². The van der Waals surface area contributed by atoms with Gasteiger partial charge in [0, 0.05) is 25.1 Å². The van der Waals surface area contributed by atoms with E-state index in [4.69, 9.17) is 14.6 Å². The largest absolute Gasteiger partial charge is 0.490 e. The molecule has 0 saturated heterocycles. The zero-order valence-electron chi connectivity index (χ0n) is 11.7. The first-order valence-electron chi connectivity index (χ1n) is 6.97. The molecule has 106 valence electrons. The molecule has 1 aromatic carbocycles. The van der Waals surface area contributed by atoms with Gasteiger partial charge in [0.25, 0.3) is 0 Å². The van der Waals surface area contributed by atoms with Crippen molar-refractivity contribution < 1.29 is 14.6 Å². The lowest BCUT2D eigenvalue weighted by Crippen LogP contribution is -2.29. The molecule has 4 nitrogen and oxygen atoms in total. The van der Waals surface area contributed by atoms with Gasteiger partial charge in [0.1, 0.15) is 0 Å². The molecule has 19 heavy (non-hydrogen) atoms. The molecule has 0 bridgehead atoms. The quantitative estimate of drug-likeness (QED) is 0.857. The van der Waals surface area contributed by atoms with Crippen LogP contribution in [0.2, 0.25) is 0 Å². The van der Waals surface area contributed by atoms with Crippen molar-refractivity contribution in [2.75, 3.05) is 19.8 Å². The Morgan fingerprint density at radius 2 is 1.95 bits per heavy atom. The summed E-state index contributed by atoms with van der Waals surface area (Å²) in [5, 5.41) is 12.4. The zero-order valence-corrected chi connectivity index (χ0v) is 11.7. The van der Waals surface area contributed by atoms with Crippen molar-refractivity contribution in [3.63, 3.8) is 0 Å². The maximum Gasteiger partial charge on any atom is 0.161 e. The fraction of sp³-hybridized carbons (Fsp3) is 0.600. The van der Waals surface area contributed by atoms with Crippen molar-refractivity contribution in [3.05, 3.63) is 23.8 Å². The Hall–Kier alpha value is -1.26. The van der Waals surface area contributed by atoms with E-state index in [2.05, 4.69) is 25.2 Å². The summed E-state index contributed by atoms with van der Waals surface area (Å²) >= 11 is 0. The fourth-order valence-electron chi connectivity index (χ4n) is 2.25. The minimum atomic E-state index is 0.210. The normalized spacial score (nSPS) is 17.6. The van der Waals surface area contributed by atoms with E-state index < -0.39 is 0 Å². The van der Waals surface area contributed by atoms with Gasteiger partial charge >= 0.3 is 0 Å². The number of ether oxygens (including phenoxy) is 2. The number of aliphatic hydroxyl groups excluding tert-OH is 1. The van der Waals surface area contributed by atoms with E-state index in [-0.39, 0.29) is 18.7 Å². The predicted octanol–water partition coefficient (Wildman–Crippen LogP) is 2.27. The van der Waals surface area contributed by atoms with E-state index in [1.807, 2.05) is 12.1 Å². The van der Waals surface area contributed by atoms with Crippen molar-refractivity contribution in [2.24, 2.45) is 0 Å². The van der Waals surface area contributed by atoms with Crippen LogP contribution in [0.1, 0.15) is 38.3 Å². The summed E-state index contributed by atoms with van der Waals surface area (Å²) in [5.74, 6) is 1.66. The Kier molecular flexibility index (Phi) is 5.05. The Labute approximate surface area is 114 Å². The molecule has 0 saturated carbocycles. The Morgan fingerprint density at radius 1 is 1.21 bits per heavy atom. The molecule has 2 atom stereocenters. The molecule has 1 heterocycles. The monoisotopic (exact) mass is 265 g/mol. The third kappa shape index (κ3) is 3.85. The maximum atomic E-state index is 8.93. The first-order valence-corrected chi connectivity index (χ1v) is 6.97. The molecule has 1 aliphatic heterocycles. The smallest absolute Gasteiger partial charge is 0.161 e. The standard InChI is InChI=1S/C15H23NO3/c1-11(6-7-17)16-12(2)13-4-5-14-15(10-13)19-9-3-8-18-14/h4-5,10-12,16-17H,3,6-9H2,1-2H3/t11-,12?/m1/s1. The second kappa shape index (κ2) is 6.78. The van der Waals surface area contributed by atoms with Crippen LogP contribution in [0.5, 0.6) is 11.5 Å². The Balaban J connectivity index is 2.06. The number of aliphatic hydroxyl groups is 1. The van der Waals surface area contributed by atoms with Gasteiger partial charge in [0.05, 0.1) is 13.2 Å². The molecule has 4 heteroatoms. The number of benzene rings is 1. The van der Waals surface area contributed by atoms with Gasteiger partial charge in [0.2, 0.25) is 0 Å². The number of nitrogens with one attached hydrogen (secondary N) is 1. The molecule has 0 spiro atoms. The molecule has 0 aliphatic carbocycles. The second-order valence-corrected chi connectivity index (χ2v) is 5.06. The van der Waals surface area contributed by atoms with Crippen LogP contribution in [0.3, 0.4) is 0 Å². The van der Waals surface area contributed by atoms with Gasteiger partial charge in [-0.1, -0.05) is 6.07 Å². The zero-order chi connectivity index (χ0) is 13.7. The molecule has 0 fully saturated rings. The lowest BCUT2D eigenvalue weighted by molar-refractivity contribution is 0.264. The third-order valence-electron chi connectivity index (χ3n) is 3.37. The highest BCUT2D eigenvalue weighted by atomic mass is 16.5. The van der Waals surface area contributed by atoms with Crippen LogP contribution < -0.4 is 14.8 Å². The topological polar surface area (TPSA) is 50.7 Å². The number of fused-ring (bicyclic) bond motifs is 1. The van der Waals surface area contributed by atoms with Crippen molar-refractivity contribution in [1.29, 1.82) is 0 Å². The molecule has 1 aliphatic rings. The van der Waals surface area contributed by atoms with E-state index in [1.54, 1.807) is 0 Å². The summed E-state index contributed by atoms with van der Waals surface area (Å²) in [6, 6.07) is 6.60. The summed E-state index contributed by atoms with van der Waals surface area (Å²) in [6.07, 6.45) is 1.68. The minimum Gasteiger partial charge on any atom is -0.490 e. The van der Waals surface area contributed by atoms with Crippen LogP contribution in [0.25, 0.3) is 0 Å². The highest BCUT2D eigenvalue weighted by molar-refractivity contribution is 5.44. The van der Waals surface area contributed by atoms with E-state index >= 15 is 0 Å². The Morgan fingerprint density at radius 3 is 2.68 bits per heavy atom. The minimum absolute atomic E-state index is 0.210. The van der Waals surface area contributed by atoms with Gasteiger partial charge < -0.3 is 19.9 Å². The van der Waals surface area contributed by atoms with Gasteiger partial charge in [-0.05, 0) is 38.0 Å². The molecular weight excluding hydrogens is 242 g/mol. The van der Waals surface area contributed by atoms with E-state index in [0.29, 0.717) is 13.2 Å². The summed E-state index contributed by atoms with van der Waals surface area (Å²) in [6.45, 7) is 5.83. The molecular formula is C15H23NO3. The lowest BCUT2D eigenvalue weighted by atomic mass is 10.1. The van der Waals surface area contributed by atoms with Gasteiger partial charge in [-0.2, -0.15) is 0 Å². The molecule has 0 aromatic heterocycles. The van der Waals surface area contributed by atoms with Crippen LogP contribution in [-0.2, 0) is 0 Å². The van der Waals surface area contributed by atoms with Gasteiger partial charge in [-0.3, -0.25) is 0 Å². The van der Waals surface area contributed by atoms with Crippen molar-refractivity contribution in [3.8, 4) is 11.5 Å². The van der Waals surface area contributed by atoms with Gasteiger partial charge in [0.15, 0.2) is 11.5 Å². The molecule has 1 unspecified atom stereocenters. The van der Waals surface area contributed by atoms with Crippen LogP contribution in [0.4, 0.5) is 0 Å². The molecule has 0 amide bonds. The van der Waals surface area contributed by atoms with Crippen LogP contribution in [0, 0.1) is 0 Å². The molecule has 2 rings (SSSR count). The van der Waals surface area contributed by atoms with Crippen LogP contribution in [-0.4, -0.2) is 31.0 Å². The summed E-state index contributed by atoms with van der Waals surface area (Å²) < 4.78 is 11.3. The highest BCUT2D eigenvalue weighted by Crippen LogP contribution is 2.32. The van der Waals surface area contributed by atoms with Crippen molar-refractivity contribution in [2.45, 2.75) is 38.8 Å². The van der Waals surface area contributed by atoms with Crippen molar-refractivity contribution >= 4 is 0 Å².